The van der Waals surface area contributed by atoms with Gasteiger partial charge in [-0.3, -0.25) is 0 Å². The number of methoxy groups -OCH3 is 1. The lowest BCUT2D eigenvalue weighted by Gasteiger charge is -2.33. The molecule has 2 aromatic rings. The zero-order valence-corrected chi connectivity index (χ0v) is 20.7. The molecule has 0 unspecified atom stereocenters. The van der Waals surface area contributed by atoms with Crippen molar-refractivity contribution >= 4 is 23.2 Å². The van der Waals surface area contributed by atoms with Crippen molar-refractivity contribution in [3.05, 3.63) is 35.5 Å². The zero-order chi connectivity index (χ0) is 23.8. The van der Waals surface area contributed by atoms with E-state index in [9.17, 15) is 0 Å². The second-order valence-corrected chi connectivity index (χ2v) is 9.83. The Morgan fingerprint density at radius 2 is 1.91 bits per heavy atom. The summed E-state index contributed by atoms with van der Waals surface area (Å²) in [5, 5.41) is 11.2. The molecule has 0 radical (unpaired) electrons. The lowest BCUT2D eigenvalue weighted by molar-refractivity contribution is 0.0574. The van der Waals surface area contributed by atoms with Crippen LogP contribution in [0.5, 0.6) is 0 Å². The van der Waals surface area contributed by atoms with Crippen LogP contribution in [0, 0.1) is 0 Å². The van der Waals surface area contributed by atoms with E-state index < -0.39 is 0 Å². The van der Waals surface area contributed by atoms with Gasteiger partial charge in [-0.1, -0.05) is 17.7 Å². The van der Waals surface area contributed by atoms with E-state index in [1.54, 1.807) is 13.3 Å². The smallest absolute Gasteiger partial charge is 0.126 e. The maximum Gasteiger partial charge on any atom is 0.126 e. The molecule has 5 N–H and O–H groups in total. The summed E-state index contributed by atoms with van der Waals surface area (Å²) in [6, 6.07) is 8.89. The first kappa shape index (κ1) is 25.1. The third kappa shape index (κ3) is 7.02. The minimum absolute atomic E-state index is 0.264. The van der Waals surface area contributed by atoms with Gasteiger partial charge in [0, 0.05) is 62.8 Å². The van der Waals surface area contributed by atoms with Crippen molar-refractivity contribution < 1.29 is 9.47 Å². The number of hydrogen-bond acceptors (Lipinski definition) is 8. The number of nitrogens with zero attached hydrogens (tertiary/aromatic N) is 2. The van der Waals surface area contributed by atoms with Crippen LogP contribution in [0.3, 0.4) is 0 Å². The van der Waals surface area contributed by atoms with Gasteiger partial charge < -0.3 is 31.2 Å². The van der Waals surface area contributed by atoms with Crippen LogP contribution in [-0.2, 0) is 9.47 Å². The van der Waals surface area contributed by atoms with Crippen molar-refractivity contribution in [1.29, 1.82) is 0 Å². The molecule has 8 nitrogen and oxygen atoms in total. The molecular weight excluding hydrogens is 452 g/mol. The molecule has 0 amide bonds. The van der Waals surface area contributed by atoms with Crippen LogP contribution in [-0.4, -0.2) is 67.6 Å². The quantitative estimate of drug-likeness (QED) is 0.375. The lowest BCUT2D eigenvalue weighted by Crippen LogP contribution is -2.50. The third-order valence-electron chi connectivity index (χ3n) is 6.81. The Bertz CT molecular complexity index is 916. The Morgan fingerprint density at radius 3 is 2.68 bits per heavy atom. The van der Waals surface area contributed by atoms with Crippen molar-refractivity contribution in [3.63, 3.8) is 0 Å². The van der Waals surface area contributed by atoms with Gasteiger partial charge in [-0.05, 0) is 56.7 Å². The maximum atomic E-state index is 6.52. The summed E-state index contributed by atoms with van der Waals surface area (Å²) in [4.78, 5) is 9.32. The molecule has 2 aliphatic rings. The highest BCUT2D eigenvalue weighted by molar-refractivity contribution is 6.33. The summed E-state index contributed by atoms with van der Waals surface area (Å²) in [6.45, 7) is 3.73. The Hall–Kier alpha value is -1.97. The number of pyridine rings is 2. The van der Waals surface area contributed by atoms with Gasteiger partial charge in [0.1, 0.15) is 11.6 Å². The summed E-state index contributed by atoms with van der Waals surface area (Å²) in [7, 11) is 1.74. The topological polar surface area (TPSA) is 106 Å². The van der Waals surface area contributed by atoms with E-state index >= 15 is 0 Å². The maximum absolute atomic E-state index is 6.52. The van der Waals surface area contributed by atoms with Crippen molar-refractivity contribution in [3.8, 4) is 11.3 Å². The summed E-state index contributed by atoms with van der Waals surface area (Å²) >= 11 is 6.52. The van der Waals surface area contributed by atoms with Crippen LogP contribution in [0.1, 0.15) is 38.5 Å². The van der Waals surface area contributed by atoms with Crippen LogP contribution >= 0.6 is 11.6 Å². The highest BCUT2D eigenvalue weighted by Crippen LogP contribution is 2.30. The first-order chi connectivity index (χ1) is 16.5. The number of aromatic nitrogens is 2. The monoisotopic (exact) mass is 488 g/mol. The van der Waals surface area contributed by atoms with E-state index in [2.05, 4.69) is 20.9 Å². The Balaban J connectivity index is 1.36. The highest BCUT2D eigenvalue weighted by Gasteiger charge is 2.28. The second kappa shape index (κ2) is 12.1. The molecule has 3 heterocycles. The minimum atomic E-state index is -0.264. The van der Waals surface area contributed by atoms with Crippen LogP contribution < -0.4 is 21.7 Å². The van der Waals surface area contributed by atoms with Gasteiger partial charge in [0.25, 0.3) is 0 Å². The summed E-state index contributed by atoms with van der Waals surface area (Å²) in [5.74, 6) is 1.62. The molecular formula is C25H37ClN6O2. The molecule has 0 bridgehead atoms. The average molecular weight is 489 g/mol. The first-order valence-electron chi connectivity index (χ1n) is 12.3. The molecule has 1 saturated heterocycles. The van der Waals surface area contributed by atoms with Crippen molar-refractivity contribution in [2.24, 2.45) is 5.73 Å². The van der Waals surface area contributed by atoms with Gasteiger partial charge in [0.05, 0.1) is 17.3 Å². The molecule has 2 aromatic heterocycles. The number of rotatable bonds is 10. The standard InChI is InChI=1S/C25H37ClN6O2/c1-33-14-11-28-18-5-7-19(8-6-18)31-24-15-20(21(26)16-29-24)22-3-2-4-23(32-22)30-17-25(27)9-12-34-13-10-25/h2-4,15-16,18-19,28H,5-14,17,27H2,1H3,(H,29,31)(H,30,32). The molecule has 1 saturated carbocycles. The highest BCUT2D eigenvalue weighted by atomic mass is 35.5. The second-order valence-electron chi connectivity index (χ2n) is 9.43. The van der Waals surface area contributed by atoms with Crippen LogP contribution in [0.2, 0.25) is 5.02 Å². The van der Waals surface area contributed by atoms with Crippen molar-refractivity contribution in [2.45, 2.75) is 56.1 Å². The van der Waals surface area contributed by atoms with Gasteiger partial charge in [0.2, 0.25) is 0 Å². The molecule has 34 heavy (non-hydrogen) atoms. The van der Waals surface area contributed by atoms with E-state index in [4.69, 9.17) is 31.8 Å². The largest absolute Gasteiger partial charge is 0.383 e. The normalized spacial score (nSPS) is 22.3. The number of hydrogen-bond donors (Lipinski definition) is 4. The summed E-state index contributed by atoms with van der Waals surface area (Å²) in [6.07, 6.45) is 7.89. The fraction of sp³-hybridized carbons (Fsp3) is 0.600. The summed E-state index contributed by atoms with van der Waals surface area (Å²) < 4.78 is 10.6. The fourth-order valence-corrected chi connectivity index (χ4v) is 4.83. The van der Waals surface area contributed by atoms with Gasteiger partial charge in [-0.15, -0.1) is 0 Å². The Kier molecular flexibility index (Phi) is 8.97. The number of ether oxygens (including phenoxy) is 2. The van der Waals surface area contributed by atoms with Crippen molar-refractivity contribution in [2.75, 3.05) is 50.7 Å². The average Bonchev–Trinajstić information content (AvgIpc) is 2.86. The van der Waals surface area contributed by atoms with E-state index in [1.165, 1.54) is 0 Å². The van der Waals surface area contributed by atoms with E-state index in [1.807, 2.05) is 24.3 Å². The summed E-state index contributed by atoms with van der Waals surface area (Å²) in [5.41, 5.74) is 7.92. The molecule has 2 fully saturated rings. The van der Waals surface area contributed by atoms with Gasteiger partial charge in [-0.2, -0.15) is 0 Å². The molecule has 0 aromatic carbocycles. The number of nitrogens with one attached hydrogen (secondary N) is 3. The Labute approximate surface area is 207 Å². The molecule has 0 spiro atoms. The number of nitrogens with two attached hydrogens (primary N) is 1. The van der Waals surface area contributed by atoms with Crippen molar-refractivity contribution in [1.82, 2.24) is 15.3 Å². The van der Waals surface area contributed by atoms with Crippen LogP contribution in [0.25, 0.3) is 11.3 Å². The predicted octanol–water partition coefficient (Wildman–Crippen LogP) is 3.68. The Morgan fingerprint density at radius 1 is 1.15 bits per heavy atom. The molecule has 1 aliphatic heterocycles. The SMILES string of the molecule is COCCNC1CCC(Nc2cc(-c3cccc(NCC4(N)CCOCC4)n3)c(Cl)cn2)CC1. The van der Waals surface area contributed by atoms with E-state index in [0.717, 1.165) is 74.6 Å². The zero-order valence-electron chi connectivity index (χ0n) is 20.0. The molecule has 4 rings (SSSR count). The molecule has 0 atom stereocenters. The van der Waals surface area contributed by atoms with Crippen LogP contribution in [0.4, 0.5) is 11.6 Å². The fourth-order valence-electron chi connectivity index (χ4n) is 4.63. The first-order valence-corrected chi connectivity index (χ1v) is 12.6. The van der Waals surface area contributed by atoms with Gasteiger partial charge in [-0.25, -0.2) is 9.97 Å². The van der Waals surface area contributed by atoms with E-state index in [0.29, 0.717) is 36.9 Å². The van der Waals surface area contributed by atoms with Crippen LogP contribution in [0.15, 0.2) is 30.5 Å². The molecule has 186 valence electrons. The number of halogens is 1. The van der Waals surface area contributed by atoms with E-state index in [-0.39, 0.29) is 5.54 Å². The lowest BCUT2D eigenvalue weighted by atomic mass is 9.91. The number of anilines is 2. The van der Waals surface area contributed by atoms with Gasteiger partial charge >= 0.3 is 0 Å². The predicted molar refractivity (Wildman–Crippen MR) is 137 cm³/mol. The minimum Gasteiger partial charge on any atom is -0.383 e. The molecule has 9 heteroatoms. The van der Waals surface area contributed by atoms with Gasteiger partial charge in [0.15, 0.2) is 0 Å². The third-order valence-corrected chi connectivity index (χ3v) is 7.11. The molecule has 1 aliphatic carbocycles.